The summed E-state index contributed by atoms with van der Waals surface area (Å²) in [5.41, 5.74) is 1.50. The van der Waals surface area contributed by atoms with Crippen molar-refractivity contribution in [1.82, 2.24) is 0 Å². The van der Waals surface area contributed by atoms with Gasteiger partial charge in [0, 0.05) is 11.6 Å². The predicted octanol–water partition coefficient (Wildman–Crippen LogP) is 4.91. The largest absolute Gasteiger partial charge is 0.457 e. The van der Waals surface area contributed by atoms with Gasteiger partial charge >= 0.3 is 0 Å². The SMILES string of the molecule is Cc1cc(C=O)ccc1Oc1ccc(Cl)c(Cl)c1. The molecule has 4 heteroatoms. The monoisotopic (exact) mass is 280 g/mol. The van der Waals surface area contributed by atoms with E-state index in [1.54, 1.807) is 36.4 Å². The van der Waals surface area contributed by atoms with E-state index in [-0.39, 0.29) is 0 Å². The number of carbonyl (C=O) groups excluding carboxylic acids is 1. The Morgan fingerprint density at radius 2 is 1.83 bits per heavy atom. The molecule has 0 spiro atoms. The first-order valence-corrected chi connectivity index (χ1v) is 6.04. The Hall–Kier alpha value is -1.51. The molecule has 0 aliphatic rings. The second kappa shape index (κ2) is 5.42. The average molecular weight is 281 g/mol. The summed E-state index contributed by atoms with van der Waals surface area (Å²) < 4.78 is 5.69. The Labute approximate surface area is 115 Å². The van der Waals surface area contributed by atoms with Crippen molar-refractivity contribution < 1.29 is 9.53 Å². The van der Waals surface area contributed by atoms with Crippen molar-refractivity contribution in [3.05, 3.63) is 57.6 Å². The van der Waals surface area contributed by atoms with Crippen LogP contribution in [-0.4, -0.2) is 6.29 Å². The van der Waals surface area contributed by atoms with Crippen LogP contribution in [0.2, 0.25) is 10.0 Å². The summed E-state index contributed by atoms with van der Waals surface area (Å²) in [5, 5.41) is 0.924. The molecule has 2 aromatic rings. The summed E-state index contributed by atoms with van der Waals surface area (Å²) in [7, 11) is 0. The highest BCUT2D eigenvalue weighted by Crippen LogP contribution is 2.30. The Bertz CT molecular complexity index is 594. The minimum Gasteiger partial charge on any atom is -0.457 e. The van der Waals surface area contributed by atoms with Crippen molar-refractivity contribution in [2.75, 3.05) is 0 Å². The van der Waals surface area contributed by atoms with E-state index in [2.05, 4.69) is 0 Å². The highest BCUT2D eigenvalue weighted by Gasteiger charge is 2.05. The Kier molecular flexibility index (Phi) is 3.90. The molecule has 0 aliphatic carbocycles. The number of rotatable bonds is 3. The Balaban J connectivity index is 2.28. The van der Waals surface area contributed by atoms with Gasteiger partial charge in [0.1, 0.15) is 17.8 Å². The molecule has 0 aliphatic heterocycles. The van der Waals surface area contributed by atoms with Gasteiger partial charge in [0.25, 0.3) is 0 Å². The third-order valence-electron chi connectivity index (χ3n) is 2.45. The molecule has 0 fully saturated rings. The highest BCUT2D eigenvalue weighted by molar-refractivity contribution is 6.42. The van der Waals surface area contributed by atoms with Crippen molar-refractivity contribution in [3.8, 4) is 11.5 Å². The van der Waals surface area contributed by atoms with E-state index >= 15 is 0 Å². The lowest BCUT2D eigenvalue weighted by Crippen LogP contribution is -1.89. The van der Waals surface area contributed by atoms with Gasteiger partial charge in [-0.2, -0.15) is 0 Å². The van der Waals surface area contributed by atoms with Crippen LogP contribution in [-0.2, 0) is 0 Å². The second-order valence-corrected chi connectivity index (χ2v) is 4.64. The van der Waals surface area contributed by atoms with Gasteiger partial charge in [-0.15, -0.1) is 0 Å². The van der Waals surface area contributed by atoms with E-state index in [0.717, 1.165) is 11.8 Å². The van der Waals surface area contributed by atoms with Crippen LogP contribution in [0.15, 0.2) is 36.4 Å². The summed E-state index contributed by atoms with van der Waals surface area (Å²) >= 11 is 11.7. The van der Waals surface area contributed by atoms with Crippen LogP contribution >= 0.6 is 23.2 Å². The molecule has 0 amide bonds. The summed E-state index contributed by atoms with van der Waals surface area (Å²) in [5.74, 6) is 1.28. The number of ether oxygens (including phenoxy) is 1. The smallest absolute Gasteiger partial charge is 0.150 e. The molecule has 0 saturated carbocycles. The zero-order chi connectivity index (χ0) is 13.1. The molecule has 0 heterocycles. The second-order valence-electron chi connectivity index (χ2n) is 3.82. The van der Waals surface area contributed by atoms with Gasteiger partial charge in [-0.05, 0) is 42.8 Å². The lowest BCUT2D eigenvalue weighted by atomic mass is 10.1. The van der Waals surface area contributed by atoms with Crippen molar-refractivity contribution in [3.63, 3.8) is 0 Å². The first-order valence-electron chi connectivity index (χ1n) is 5.29. The summed E-state index contributed by atoms with van der Waals surface area (Å²) in [6, 6.07) is 10.3. The number of benzene rings is 2. The molecule has 2 nitrogen and oxygen atoms in total. The fourth-order valence-electron chi connectivity index (χ4n) is 1.53. The lowest BCUT2D eigenvalue weighted by molar-refractivity contribution is 0.112. The van der Waals surface area contributed by atoms with Gasteiger partial charge in [0.2, 0.25) is 0 Å². The Morgan fingerprint density at radius 3 is 2.44 bits per heavy atom. The molecule has 18 heavy (non-hydrogen) atoms. The van der Waals surface area contributed by atoms with Crippen LogP contribution in [0.5, 0.6) is 11.5 Å². The van der Waals surface area contributed by atoms with E-state index in [4.69, 9.17) is 27.9 Å². The standard InChI is InChI=1S/C14H10Cl2O2/c1-9-6-10(8-17)2-5-14(9)18-11-3-4-12(15)13(16)7-11/h2-8H,1H3. The molecular formula is C14H10Cl2O2. The van der Waals surface area contributed by atoms with Crippen LogP contribution in [0.4, 0.5) is 0 Å². The van der Waals surface area contributed by atoms with Crippen LogP contribution in [0.25, 0.3) is 0 Å². The number of hydrogen-bond donors (Lipinski definition) is 0. The van der Waals surface area contributed by atoms with Crippen LogP contribution in [0.3, 0.4) is 0 Å². The first-order chi connectivity index (χ1) is 8.60. The fourth-order valence-corrected chi connectivity index (χ4v) is 1.82. The van der Waals surface area contributed by atoms with E-state index in [1.165, 1.54) is 0 Å². The molecule has 0 atom stereocenters. The molecule has 92 valence electrons. The van der Waals surface area contributed by atoms with Gasteiger partial charge in [0.05, 0.1) is 10.0 Å². The van der Waals surface area contributed by atoms with E-state index in [1.807, 2.05) is 6.92 Å². The maximum absolute atomic E-state index is 10.6. The summed E-state index contributed by atoms with van der Waals surface area (Å²) in [4.78, 5) is 10.6. The molecule has 0 bridgehead atoms. The zero-order valence-electron chi connectivity index (χ0n) is 9.61. The van der Waals surface area contributed by atoms with Crippen LogP contribution < -0.4 is 4.74 Å². The molecule has 0 N–H and O–H groups in total. The number of aryl methyl sites for hydroxylation is 1. The van der Waals surface area contributed by atoms with Crippen LogP contribution in [0, 0.1) is 6.92 Å². The normalized spacial score (nSPS) is 10.2. The topological polar surface area (TPSA) is 26.3 Å². The Morgan fingerprint density at radius 1 is 1.06 bits per heavy atom. The van der Waals surface area contributed by atoms with E-state index in [0.29, 0.717) is 27.1 Å². The molecule has 0 unspecified atom stereocenters. The third-order valence-corrected chi connectivity index (χ3v) is 3.19. The summed E-state index contributed by atoms with van der Waals surface area (Å²) in [6.07, 6.45) is 0.802. The van der Waals surface area contributed by atoms with Crippen molar-refractivity contribution in [2.45, 2.75) is 6.92 Å². The molecule has 2 aromatic carbocycles. The van der Waals surface area contributed by atoms with Crippen molar-refractivity contribution in [1.29, 1.82) is 0 Å². The van der Waals surface area contributed by atoms with Gasteiger partial charge in [0.15, 0.2) is 0 Å². The van der Waals surface area contributed by atoms with E-state index in [9.17, 15) is 4.79 Å². The van der Waals surface area contributed by atoms with Crippen molar-refractivity contribution in [2.24, 2.45) is 0 Å². The predicted molar refractivity (Wildman–Crippen MR) is 73.1 cm³/mol. The van der Waals surface area contributed by atoms with Gasteiger partial charge < -0.3 is 4.74 Å². The fraction of sp³-hybridized carbons (Fsp3) is 0.0714. The molecule has 0 saturated heterocycles. The number of halogens is 2. The minimum atomic E-state index is 0.441. The lowest BCUT2D eigenvalue weighted by Gasteiger charge is -2.09. The maximum Gasteiger partial charge on any atom is 0.150 e. The van der Waals surface area contributed by atoms with Gasteiger partial charge in [-0.3, -0.25) is 4.79 Å². The maximum atomic E-state index is 10.6. The number of carbonyl (C=O) groups is 1. The van der Waals surface area contributed by atoms with Gasteiger partial charge in [-0.1, -0.05) is 23.2 Å². The van der Waals surface area contributed by atoms with Crippen molar-refractivity contribution >= 4 is 29.5 Å². The average Bonchev–Trinajstić information content (AvgIpc) is 2.36. The third kappa shape index (κ3) is 2.84. The molecule has 2 rings (SSSR count). The van der Waals surface area contributed by atoms with Gasteiger partial charge in [-0.25, -0.2) is 0 Å². The van der Waals surface area contributed by atoms with E-state index < -0.39 is 0 Å². The van der Waals surface area contributed by atoms with Crippen LogP contribution in [0.1, 0.15) is 15.9 Å². The molecule has 0 aromatic heterocycles. The zero-order valence-corrected chi connectivity index (χ0v) is 11.1. The number of hydrogen-bond acceptors (Lipinski definition) is 2. The number of aldehydes is 1. The first kappa shape index (κ1) is 12.9. The highest BCUT2D eigenvalue weighted by atomic mass is 35.5. The molecule has 0 radical (unpaired) electrons. The molecular weight excluding hydrogens is 271 g/mol. The quantitative estimate of drug-likeness (QED) is 0.747. The summed E-state index contributed by atoms with van der Waals surface area (Å²) in [6.45, 7) is 1.87. The minimum absolute atomic E-state index is 0.441.